The van der Waals surface area contributed by atoms with Gasteiger partial charge in [0.05, 0.1) is 51.8 Å². The van der Waals surface area contributed by atoms with Gasteiger partial charge >= 0.3 is 0 Å². The number of ether oxygens (including phenoxy) is 3. The van der Waals surface area contributed by atoms with Gasteiger partial charge < -0.3 is 24.4 Å². The molecule has 0 radical (unpaired) electrons. The maximum atomic E-state index is 8.75. The van der Waals surface area contributed by atoms with Crippen LogP contribution in [0.3, 0.4) is 0 Å². The van der Waals surface area contributed by atoms with Gasteiger partial charge in [-0.3, -0.25) is 0 Å². The van der Waals surface area contributed by atoms with Gasteiger partial charge in [0.25, 0.3) is 0 Å². The summed E-state index contributed by atoms with van der Waals surface area (Å²) in [6.07, 6.45) is 4.57. The highest BCUT2D eigenvalue weighted by atomic mass is 16.6. The number of hydrogen-bond donors (Lipinski definition) is 2. The Morgan fingerprint density at radius 3 is 1.94 bits per heavy atom. The maximum Gasteiger partial charge on any atom is 0.0837 e. The summed E-state index contributed by atoms with van der Waals surface area (Å²) in [5, 5.41) is 17.3. The van der Waals surface area contributed by atoms with Gasteiger partial charge in [0, 0.05) is 0 Å². The van der Waals surface area contributed by atoms with Crippen molar-refractivity contribution in [1.29, 1.82) is 0 Å². The largest absolute Gasteiger partial charge is 0.394 e. The van der Waals surface area contributed by atoms with Gasteiger partial charge in [0.15, 0.2) is 0 Å². The molecular formula is C12H24O5. The molecule has 17 heavy (non-hydrogen) atoms. The first kappa shape index (κ1) is 14.9. The van der Waals surface area contributed by atoms with Gasteiger partial charge in [-0.1, -0.05) is 12.8 Å². The Bertz CT molecular complexity index is 176. The molecule has 0 aromatic carbocycles. The lowest BCUT2D eigenvalue weighted by Crippen LogP contribution is -2.36. The SMILES string of the molecule is OCCOCCO[C@@H]1CCCC[C@@H]1OCCO. The average Bonchev–Trinajstić information content (AvgIpc) is 2.37. The fourth-order valence-corrected chi connectivity index (χ4v) is 2.07. The highest BCUT2D eigenvalue weighted by Gasteiger charge is 2.26. The molecule has 0 bridgehead atoms. The van der Waals surface area contributed by atoms with E-state index in [0.717, 1.165) is 19.3 Å². The predicted octanol–water partition coefficient (Wildman–Crippen LogP) is 0.332. The zero-order chi connectivity index (χ0) is 12.3. The minimum absolute atomic E-state index is 0.0473. The van der Waals surface area contributed by atoms with Crippen LogP contribution in [-0.4, -0.2) is 62.1 Å². The van der Waals surface area contributed by atoms with Crippen LogP contribution < -0.4 is 0 Å². The average molecular weight is 248 g/mol. The summed E-state index contributed by atoms with van der Waals surface area (Å²) in [6.45, 7) is 1.88. The lowest BCUT2D eigenvalue weighted by molar-refractivity contribution is -0.106. The Labute approximate surface area is 103 Å². The van der Waals surface area contributed by atoms with E-state index in [2.05, 4.69) is 0 Å². The molecule has 1 rings (SSSR count). The van der Waals surface area contributed by atoms with Crippen molar-refractivity contribution in [1.82, 2.24) is 0 Å². The van der Waals surface area contributed by atoms with Gasteiger partial charge in [-0.15, -0.1) is 0 Å². The smallest absolute Gasteiger partial charge is 0.0837 e. The van der Waals surface area contributed by atoms with Gasteiger partial charge in [0.1, 0.15) is 0 Å². The maximum absolute atomic E-state index is 8.75. The van der Waals surface area contributed by atoms with E-state index in [4.69, 9.17) is 24.4 Å². The molecule has 0 aliphatic heterocycles. The molecule has 0 spiro atoms. The third kappa shape index (κ3) is 6.33. The first-order valence-corrected chi connectivity index (χ1v) is 6.41. The van der Waals surface area contributed by atoms with Crippen molar-refractivity contribution in [3.05, 3.63) is 0 Å². The molecule has 2 atom stereocenters. The minimum Gasteiger partial charge on any atom is -0.394 e. The van der Waals surface area contributed by atoms with E-state index >= 15 is 0 Å². The van der Waals surface area contributed by atoms with Gasteiger partial charge in [-0.25, -0.2) is 0 Å². The molecule has 2 N–H and O–H groups in total. The van der Waals surface area contributed by atoms with Crippen LogP contribution in [0.2, 0.25) is 0 Å². The molecule has 0 heterocycles. The molecule has 1 aliphatic carbocycles. The van der Waals surface area contributed by atoms with Crippen LogP contribution in [0.5, 0.6) is 0 Å². The molecule has 0 saturated heterocycles. The predicted molar refractivity (Wildman–Crippen MR) is 62.9 cm³/mol. The topological polar surface area (TPSA) is 68.2 Å². The summed E-state index contributed by atoms with van der Waals surface area (Å²) in [5.74, 6) is 0. The molecule has 1 aliphatic rings. The van der Waals surface area contributed by atoms with Crippen molar-refractivity contribution in [3.63, 3.8) is 0 Å². The molecule has 0 unspecified atom stereocenters. The molecule has 1 fully saturated rings. The summed E-state index contributed by atoms with van der Waals surface area (Å²) in [7, 11) is 0. The Morgan fingerprint density at radius 2 is 1.35 bits per heavy atom. The second-order valence-corrected chi connectivity index (χ2v) is 4.16. The molecule has 0 aromatic rings. The van der Waals surface area contributed by atoms with Crippen LogP contribution >= 0.6 is 0 Å². The molecule has 0 aromatic heterocycles. The second-order valence-electron chi connectivity index (χ2n) is 4.16. The number of hydrogen-bond acceptors (Lipinski definition) is 5. The van der Waals surface area contributed by atoms with Crippen molar-refractivity contribution in [2.75, 3.05) is 39.6 Å². The molecular weight excluding hydrogens is 224 g/mol. The van der Waals surface area contributed by atoms with Crippen LogP contribution in [0.25, 0.3) is 0 Å². The number of aliphatic hydroxyl groups excluding tert-OH is 2. The first-order chi connectivity index (χ1) is 8.38. The zero-order valence-corrected chi connectivity index (χ0v) is 10.3. The quantitative estimate of drug-likeness (QED) is 0.576. The third-order valence-corrected chi connectivity index (χ3v) is 2.86. The molecule has 5 heteroatoms. The van der Waals surface area contributed by atoms with E-state index < -0.39 is 0 Å². The highest BCUT2D eigenvalue weighted by Crippen LogP contribution is 2.23. The monoisotopic (exact) mass is 248 g/mol. The standard InChI is InChI=1S/C12H24O5/c13-5-7-15-9-10-17-12-4-2-1-3-11(12)16-8-6-14/h11-14H,1-10H2/t11-,12+/m0/s1. The molecule has 0 amide bonds. The lowest BCUT2D eigenvalue weighted by Gasteiger charge is -2.31. The Kier molecular flexibility index (Phi) is 8.56. The number of rotatable bonds is 9. The van der Waals surface area contributed by atoms with E-state index in [0.29, 0.717) is 26.4 Å². The summed E-state index contributed by atoms with van der Waals surface area (Å²) in [6, 6.07) is 0. The Morgan fingerprint density at radius 1 is 0.765 bits per heavy atom. The normalized spacial score (nSPS) is 25.1. The van der Waals surface area contributed by atoms with Gasteiger partial charge in [-0.2, -0.15) is 0 Å². The fourth-order valence-electron chi connectivity index (χ4n) is 2.07. The van der Waals surface area contributed by atoms with Crippen LogP contribution in [-0.2, 0) is 14.2 Å². The van der Waals surface area contributed by atoms with E-state index in [-0.39, 0.29) is 25.4 Å². The summed E-state index contributed by atoms with van der Waals surface area (Å²) >= 11 is 0. The van der Waals surface area contributed by atoms with Gasteiger partial charge in [0.2, 0.25) is 0 Å². The highest BCUT2D eigenvalue weighted by molar-refractivity contribution is 4.76. The van der Waals surface area contributed by atoms with Crippen molar-refractivity contribution in [2.45, 2.75) is 37.9 Å². The lowest BCUT2D eigenvalue weighted by atomic mass is 9.94. The summed E-state index contributed by atoms with van der Waals surface area (Å²) in [4.78, 5) is 0. The second kappa shape index (κ2) is 9.79. The van der Waals surface area contributed by atoms with Crippen molar-refractivity contribution >= 4 is 0 Å². The van der Waals surface area contributed by atoms with E-state index in [1.165, 1.54) is 6.42 Å². The minimum atomic E-state index is 0.0473. The number of aliphatic hydroxyl groups is 2. The molecule has 102 valence electrons. The zero-order valence-electron chi connectivity index (χ0n) is 10.3. The van der Waals surface area contributed by atoms with Crippen molar-refractivity contribution < 1.29 is 24.4 Å². The van der Waals surface area contributed by atoms with E-state index in [1.807, 2.05) is 0 Å². The van der Waals surface area contributed by atoms with Crippen LogP contribution in [0, 0.1) is 0 Å². The van der Waals surface area contributed by atoms with Crippen molar-refractivity contribution in [3.8, 4) is 0 Å². The van der Waals surface area contributed by atoms with Crippen LogP contribution in [0.4, 0.5) is 0 Å². The van der Waals surface area contributed by atoms with Crippen LogP contribution in [0.1, 0.15) is 25.7 Å². The first-order valence-electron chi connectivity index (χ1n) is 6.41. The summed E-state index contributed by atoms with van der Waals surface area (Å²) in [5.41, 5.74) is 0. The molecule has 1 saturated carbocycles. The Balaban J connectivity index is 2.13. The van der Waals surface area contributed by atoms with Crippen LogP contribution in [0.15, 0.2) is 0 Å². The van der Waals surface area contributed by atoms with Gasteiger partial charge in [-0.05, 0) is 12.8 Å². The van der Waals surface area contributed by atoms with E-state index in [1.54, 1.807) is 0 Å². The van der Waals surface area contributed by atoms with Crippen molar-refractivity contribution in [2.24, 2.45) is 0 Å². The Hall–Kier alpha value is -0.200. The molecule has 5 nitrogen and oxygen atoms in total. The third-order valence-electron chi connectivity index (χ3n) is 2.86. The van der Waals surface area contributed by atoms with E-state index in [9.17, 15) is 0 Å². The fraction of sp³-hybridized carbons (Fsp3) is 1.00. The summed E-state index contributed by atoms with van der Waals surface area (Å²) < 4.78 is 16.4.